The zero-order chi connectivity index (χ0) is 22.4. The highest BCUT2D eigenvalue weighted by Crippen LogP contribution is 2.13. The maximum absolute atomic E-state index is 9.75. The maximum Gasteiger partial charge on any atom is 0.673 e. The molecule has 178 valence electrons. The molecule has 1 atom stereocenters. The minimum Gasteiger partial charge on any atom is -0.418 e. The highest BCUT2D eigenvalue weighted by molar-refractivity contribution is 6.50. The molecule has 4 nitrogen and oxygen atoms in total. The number of hydrogen-bond acceptors (Lipinski definition) is 2. The van der Waals surface area contributed by atoms with E-state index < -0.39 is 7.25 Å². The van der Waals surface area contributed by atoms with Crippen molar-refractivity contribution in [2.75, 3.05) is 13.6 Å². The smallest absolute Gasteiger partial charge is 0.418 e. The molecular formula is C20H40BF5N4. The van der Waals surface area contributed by atoms with Gasteiger partial charge in [-0.3, -0.25) is 4.70 Å². The van der Waals surface area contributed by atoms with Crippen LogP contribution < -0.4 is 4.57 Å². The van der Waals surface area contributed by atoms with Crippen LogP contribution in [0, 0.1) is 6.92 Å². The lowest BCUT2D eigenvalue weighted by molar-refractivity contribution is -0.677. The number of aryl methyl sites for hydroxylation is 2. The number of hydrogen-bond donors (Lipinski definition) is 0. The first kappa shape index (κ1) is 30.5. The van der Waals surface area contributed by atoms with Gasteiger partial charge in [-0.05, 0) is 26.2 Å². The Labute approximate surface area is 179 Å². The zero-order valence-electron chi connectivity index (χ0n) is 19.3. The number of rotatable bonds is 8. The molecule has 0 aliphatic carbocycles. The Morgan fingerprint density at radius 3 is 1.93 bits per heavy atom. The van der Waals surface area contributed by atoms with E-state index in [1.807, 2.05) is 0 Å². The molecular weight excluding hydrogens is 402 g/mol. The average molecular weight is 442 g/mol. The van der Waals surface area contributed by atoms with Crippen LogP contribution in [0.1, 0.15) is 65.1 Å². The van der Waals surface area contributed by atoms with Gasteiger partial charge in [0.2, 0.25) is 0 Å². The van der Waals surface area contributed by atoms with Crippen molar-refractivity contribution >= 4 is 7.25 Å². The fraction of sp³-hybridized carbons (Fsp3) is 0.750. The molecule has 2 heterocycles. The summed E-state index contributed by atoms with van der Waals surface area (Å²) in [6, 6.07) is 0. The fourth-order valence-electron chi connectivity index (χ4n) is 2.82. The largest absolute Gasteiger partial charge is 0.673 e. The molecule has 0 fully saturated rings. The van der Waals surface area contributed by atoms with E-state index in [-0.39, 0.29) is 4.70 Å². The number of aromatic nitrogens is 2. The van der Waals surface area contributed by atoms with Crippen LogP contribution >= 0.6 is 0 Å². The summed E-state index contributed by atoms with van der Waals surface area (Å²) < 4.78 is 43.5. The third-order valence-electron chi connectivity index (χ3n) is 4.98. The van der Waals surface area contributed by atoms with Gasteiger partial charge in [-0.25, -0.2) is 9.13 Å². The second-order valence-electron chi connectivity index (χ2n) is 7.39. The Balaban J connectivity index is 0. The van der Waals surface area contributed by atoms with Crippen LogP contribution in [0.3, 0.4) is 0 Å². The average Bonchev–Trinajstić information content (AvgIpc) is 3.12. The molecule has 0 spiro atoms. The van der Waals surface area contributed by atoms with E-state index in [1.54, 1.807) is 0 Å². The van der Waals surface area contributed by atoms with Gasteiger partial charge in [-0.1, -0.05) is 33.1 Å². The SMILES string of the molecule is CCCCCCn1cc[n+](C)c1C.CCCCN1C=CN(C)C1C.F.F[B-](F)(F)F. The van der Waals surface area contributed by atoms with E-state index in [9.17, 15) is 17.3 Å². The van der Waals surface area contributed by atoms with E-state index in [4.69, 9.17) is 0 Å². The third kappa shape index (κ3) is 14.3. The fourth-order valence-corrected chi connectivity index (χ4v) is 2.82. The monoisotopic (exact) mass is 442 g/mol. The highest BCUT2D eigenvalue weighted by atomic mass is 19.5. The first-order valence-corrected chi connectivity index (χ1v) is 10.6. The first-order chi connectivity index (χ1) is 13.5. The summed E-state index contributed by atoms with van der Waals surface area (Å²) in [6.45, 7) is 11.2. The quantitative estimate of drug-likeness (QED) is 0.229. The van der Waals surface area contributed by atoms with Gasteiger partial charge in [-0.2, -0.15) is 0 Å². The molecule has 1 aromatic heterocycles. The Hall–Kier alpha value is -1.74. The van der Waals surface area contributed by atoms with E-state index in [0.29, 0.717) is 6.17 Å². The second-order valence-corrected chi connectivity index (χ2v) is 7.39. The van der Waals surface area contributed by atoms with E-state index in [2.05, 4.69) is 85.5 Å². The van der Waals surface area contributed by atoms with Crippen LogP contribution in [0.15, 0.2) is 24.8 Å². The highest BCUT2D eigenvalue weighted by Gasteiger charge is 2.20. The molecule has 0 bridgehead atoms. The molecule has 0 saturated heterocycles. The Kier molecular flexibility index (Phi) is 16.3. The topological polar surface area (TPSA) is 15.3 Å². The maximum atomic E-state index is 9.75. The van der Waals surface area contributed by atoms with Crippen LogP contribution in [0.25, 0.3) is 0 Å². The lowest BCUT2D eigenvalue weighted by Gasteiger charge is -2.26. The summed E-state index contributed by atoms with van der Waals surface area (Å²) in [4.78, 5) is 4.61. The van der Waals surface area contributed by atoms with Crippen LogP contribution in [-0.2, 0) is 13.6 Å². The molecule has 0 amide bonds. The van der Waals surface area contributed by atoms with Crippen molar-refractivity contribution in [1.29, 1.82) is 0 Å². The van der Waals surface area contributed by atoms with Gasteiger partial charge in [0.05, 0.1) is 19.8 Å². The second kappa shape index (κ2) is 16.0. The Bertz CT molecular complexity index is 572. The summed E-state index contributed by atoms with van der Waals surface area (Å²) in [5.41, 5.74) is 0. The van der Waals surface area contributed by atoms with Crippen molar-refractivity contribution in [2.24, 2.45) is 7.05 Å². The molecule has 0 aromatic carbocycles. The summed E-state index contributed by atoms with van der Waals surface area (Å²) in [6.07, 6.45) is 17.1. The van der Waals surface area contributed by atoms with Crippen molar-refractivity contribution in [3.05, 3.63) is 30.6 Å². The summed E-state index contributed by atoms with van der Waals surface area (Å²) in [5.74, 6) is 1.34. The predicted octanol–water partition coefficient (Wildman–Crippen LogP) is 5.50. The molecule has 1 unspecified atom stereocenters. The standard InChI is InChI=1S/C11H21N2.C9H18N2.BF4.FH/c1-4-5-6-7-8-13-10-9-12(3)11(13)2;1-4-5-6-11-8-7-10(3)9(11)2;2-1(3,4)5;/h9-10H,4-8H2,1-3H3;7-9H,4-6H2,1-3H3;;1H/q+1;;-1;. The molecule has 1 aliphatic heterocycles. The molecule has 1 aliphatic rings. The summed E-state index contributed by atoms with van der Waals surface area (Å²) >= 11 is 0. The number of unbranched alkanes of at least 4 members (excludes halogenated alkanes) is 4. The third-order valence-corrected chi connectivity index (χ3v) is 4.98. The van der Waals surface area contributed by atoms with Gasteiger partial charge < -0.3 is 27.1 Å². The van der Waals surface area contributed by atoms with Crippen molar-refractivity contribution in [3.8, 4) is 0 Å². The molecule has 10 heteroatoms. The van der Waals surface area contributed by atoms with E-state index >= 15 is 0 Å². The van der Waals surface area contributed by atoms with Crippen molar-refractivity contribution < 1.29 is 26.5 Å². The lowest BCUT2D eigenvalue weighted by Crippen LogP contribution is -2.33. The summed E-state index contributed by atoms with van der Waals surface area (Å²) in [7, 11) is -1.79. The van der Waals surface area contributed by atoms with Crippen LogP contribution in [0.2, 0.25) is 0 Å². The number of halogens is 5. The zero-order valence-corrected chi connectivity index (χ0v) is 19.3. The minimum absolute atomic E-state index is 0. The lowest BCUT2D eigenvalue weighted by atomic mass is 10.2. The van der Waals surface area contributed by atoms with Gasteiger partial charge in [0.25, 0.3) is 5.82 Å². The van der Waals surface area contributed by atoms with Crippen LogP contribution in [-0.4, -0.2) is 41.4 Å². The number of nitrogens with zero attached hydrogens (tertiary/aromatic N) is 4. The minimum atomic E-state index is -6.00. The molecule has 0 radical (unpaired) electrons. The molecule has 0 saturated carbocycles. The van der Waals surface area contributed by atoms with E-state index in [1.165, 1.54) is 57.4 Å². The van der Waals surface area contributed by atoms with Gasteiger partial charge >= 0.3 is 7.25 Å². The van der Waals surface area contributed by atoms with Crippen LogP contribution in [0.4, 0.5) is 22.0 Å². The number of imidazole rings is 1. The summed E-state index contributed by atoms with van der Waals surface area (Å²) in [5, 5.41) is 0. The van der Waals surface area contributed by atoms with Gasteiger partial charge in [-0.15, -0.1) is 0 Å². The van der Waals surface area contributed by atoms with Gasteiger partial charge in [0.15, 0.2) is 0 Å². The molecule has 0 N–H and O–H groups in total. The Morgan fingerprint density at radius 1 is 0.967 bits per heavy atom. The van der Waals surface area contributed by atoms with Crippen LogP contribution in [0.5, 0.6) is 0 Å². The molecule has 30 heavy (non-hydrogen) atoms. The Morgan fingerprint density at radius 2 is 1.53 bits per heavy atom. The van der Waals surface area contributed by atoms with E-state index in [0.717, 1.165) is 0 Å². The normalized spacial score (nSPS) is 15.2. The predicted molar refractivity (Wildman–Crippen MR) is 115 cm³/mol. The van der Waals surface area contributed by atoms with Crippen molar-refractivity contribution in [3.63, 3.8) is 0 Å². The molecule has 2 rings (SSSR count). The van der Waals surface area contributed by atoms with Gasteiger partial charge in [0.1, 0.15) is 12.4 Å². The molecule has 1 aromatic rings. The van der Waals surface area contributed by atoms with Gasteiger partial charge in [0, 0.05) is 32.9 Å². The van der Waals surface area contributed by atoms with Crippen molar-refractivity contribution in [2.45, 2.75) is 78.9 Å². The van der Waals surface area contributed by atoms with Crippen molar-refractivity contribution in [1.82, 2.24) is 14.4 Å². The first-order valence-electron chi connectivity index (χ1n) is 10.6.